The highest BCUT2D eigenvalue weighted by Crippen LogP contribution is 1.81. The van der Waals surface area contributed by atoms with Crippen LogP contribution in [0.4, 0.5) is 0 Å². The van der Waals surface area contributed by atoms with Gasteiger partial charge in [-0.2, -0.15) is 0 Å². The number of carboxylic acid groups (broad SMARTS) is 1. The largest absolute Gasteiger partial charge is 0.478 e. The molecule has 68 valence electrons. The van der Waals surface area contributed by atoms with Gasteiger partial charge in [0.1, 0.15) is 0 Å². The molecule has 0 fully saturated rings. The first-order valence-corrected chi connectivity index (χ1v) is 3.09. The van der Waals surface area contributed by atoms with Gasteiger partial charge in [-0.15, -0.1) is 0 Å². The first-order valence-electron chi connectivity index (χ1n) is 3.09. The van der Waals surface area contributed by atoms with Crippen molar-refractivity contribution >= 4 is 12.0 Å². The monoisotopic (exact) mass is 173 g/mol. The van der Waals surface area contributed by atoms with E-state index < -0.39 is 5.97 Å². The van der Waals surface area contributed by atoms with Crippen LogP contribution in [0.3, 0.4) is 0 Å². The standard InChI is InChI=1S/C4H6O2.C3H5NO2/c1-3(2)4(5)6;5-2-1-4-3-6/h1H2,2H3,(H,5,6);5H,1-2H2. The SMILES string of the molecule is C=C(C)C(=O)O.O=C=NCCO. The summed E-state index contributed by atoms with van der Waals surface area (Å²) in [5.74, 6) is -0.935. The Morgan fingerprint density at radius 1 is 1.67 bits per heavy atom. The maximum absolute atomic E-state index is 9.60. The lowest BCUT2D eigenvalue weighted by Crippen LogP contribution is -1.92. The second-order valence-corrected chi connectivity index (χ2v) is 1.78. The van der Waals surface area contributed by atoms with E-state index in [9.17, 15) is 4.79 Å². The minimum absolute atomic E-state index is 0.0742. The van der Waals surface area contributed by atoms with Crippen LogP contribution in [0, 0.1) is 0 Å². The number of hydrogen-bond donors (Lipinski definition) is 2. The second-order valence-electron chi connectivity index (χ2n) is 1.78. The Kier molecular flexibility index (Phi) is 10.5. The third-order valence-corrected chi connectivity index (χ3v) is 0.641. The molecule has 0 aliphatic carbocycles. The van der Waals surface area contributed by atoms with E-state index in [4.69, 9.17) is 15.0 Å². The minimum atomic E-state index is -0.935. The number of aliphatic carboxylic acids is 1. The molecule has 5 heteroatoms. The summed E-state index contributed by atoms with van der Waals surface area (Å²) in [5, 5.41) is 15.8. The Morgan fingerprint density at radius 3 is 2.17 bits per heavy atom. The van der Waals surface area contributed by atoms with Gasteiger partial charge in [0.15, 0.2) is 0 Å². The average Bonchev–Trinajstić information content (AvgIpc) is 2.02. The highest BCUT2D eigenvalue weighted by atomic mass is 16.4. The van der Waals surface area contributed by atoms with Gasteiger partial charge in [-0.1, -0.05) is 6.58 Å². The van der Waals surface area contributed by atoms with Crippen molar-refractivity contribution in [1.82, 2.24) is 0 Å². The number of carbonyl (C=O) groups is 1. The van der Waals surface area contributed by atoms with Gasteiger partial charge in [-0.3, -0.25) is 0 Å². The number of carboxylic acids is 1. The molecule has 0 unspecified atom stereocenters. The second kappa shape index (κ2) is 9.55. The molecule has 0 radical (unpaired) electrons. The van der Waals surface area contributed by atoms with E-state index in [1.165, 1.54) is 13.0 Å². The summed E-state index contributed by atoms with van der Waals surface area (Å²) in [4.78, 5) is 21.8. The van der Waals surface area contributed by atoms with Gasteiger partial charge in [0, 0.05) is 5.57 Å². The lowest BCUT2D eigenvalue weighted by Gasteiger charge is -1.79. The van der Waals surface area contributed by atoms with Crippen LogP contribution in [0.25, 0.3) is 0 Å². The third kappa shape index (κ3) is 15.8. The summed E-state index contributed by atoms with van der Waals surface area (Å²) in [7, 11) is 0. The molecule has 0 saturated carbocycles. The highest BCUT2D eigenvalue weighted by Gasteiger charge is 1.90. The predicted octanol–water partition coefficient (Wildman–Crippen LogP) is -0.0384. The normalized spacial score (nSPS) is 7.17. The summed E-state index contributed by atoms with van der Waals surface area (Å²) in [6, 6.07) is 0. The van der Waals surface area contributed by atoms with Crippen molar-refractivity contribution in [1.29, 1.82) is 0 Å². The van der Waals surface area contributed by atoms with E-state index in [2.05, 4.69) is 11.6 Å². The van der Waals surface area contributed by atoms with Gasteiger partial charge in [0.2, 0.25) is 6.08 Å². The van der Waals surface area contributed by atoms with Gasteiger partial charge in [-0.25, -0.2) is 14.6 Å². The lowest BCUT2D eigenvalue weighted by atomic mass is 10.4. The van der Waals surface area contributed by atoms with E-state index >= 15 is 0 Å². The van der Waals surface area contributed by atoms with Crippen molar-refractivity contribution in [2.24, 2.45) is 4.99 Å². The van der Waals surface area contributed by atoms with Crippen molar-refractivity contribution in [3.8, 4) is 0 Å². The first kappa shape index (κ1) is 13.2. The van der Waals surface area contributed by atoms with Crippen molar-refractivity contribution in [3.05, 3.63) is 12.2 Å². The number of nitrogens with zero attached hydrogens (tertiary/aromatic N) is 1. The molecular weight excluding hydrogens is 162 g/mol. The van der Waals surface area contributed by atoms with E-state index in [0.29, 0.717) is 0 Å². The van der Waals surface area contributed by atoms with Crippen LogP contribution < -0.4 is 0 Å². The number of carbonyl (C=O) groups excluding carboxylic acids is 1. The van der Waals surface area contributed by atoms with Crippen LogP contribution >= 0.6 is 0 Å². The Labute approximate surface area is 70.1 Å². The maximum atomic E-state index is 9.60. The summed E-state index contributed by atoms with van der Waals surface area (Å²) in [5.41, 5.74) is 0.176. The molecule has 0 saturated heterocycles. The van der Waals surface area contributed by atoms with Crippen molar-refractivity contribution in [2.75, 3.05) is 13.2 Å². The quantitative estimate of drug-likeness (QED) is 0.356. The molecule has 0 amide bonds. The zero-order valence-corrected chi connectivity index (χ0v) is 6.78. The van der Waals surface area contributed by atoms with Crippen LogP contribution in [-0.2, 0) is 9.59 Å². The Morgan fingerprint density at radius 2 is 2.08 bits per heavy atom. The number of rotatable bonds is 3. The van der Waals surface area contributed by atoms with Gasteiger partial charge in [0.05, 0.1) is 13.2 Å². The lowest BCUT2D eigenvalue weighted by molar-refractivity contribution is -0.132. The third-order valence-electron chi connectivity index (χ3n) is 0.641. The van der Waals surface area contributed by atoms with E-state index in [-0.39, 0.29) is 18.7 Å². The summed E-state index contributed by atoms with van der Waals surface area (Å²) >= 11 is 0. The molecular formula is C7H11NO4. The Balaban J connectivity index is 0. The zero-order valence-electron chi connectivity index (χ0n) is 6.78. The van der Waals surface area contributed by atoms with Crippen LogP contribution in [0.2, 0.25) is 0 Å². The number of aliphatic hydroxyl groups excluding tert-OH is 1. The number of aliphatic imine (C=N–C) groups is 1. The van der Waals surface area contributed by atoms with Gasteiger partial charge < -0.3 is 10.2 Å². The Hall–Kier alpha value is -1.45. The van der Waals surface area contributed by atoms with Crippen LogP contribution in [0.15, 0.2) is 17.1 Å². The van der Waals surface area contributed by atoms with Gasteiger partial charge in [0.25, 0.3) is 0 Å². The number of isocyanates is 1. The molecule has 0 aliphatic rings. The molecule has 0 aliphatic heterocycles. The smallest absolute Gasteiger partial charge is 0.330 e. The molecule has 12 heavy (non-hydrogen) atoms. The molecule has 0 rings (SSSR count). The van der Waals surface area contributed by atoms with Crippen LogP contribution in [0.1, 0.15) is 6.92 Å². The molecule has 0 spiro atoms. The fraction of sp³-hybridized carbons (Fsp3) is 0.429. The van der Waals surface area contributed by atoms with Crippen molar-refractivity contribution < 1.29 is 19.8 Å². The van der Waals surface area contributed by atoms with Crippen LogP contribution in [-0.4, -0.2) is 35.4 Å². The fourth-order valence-corrected chi connectivity index (χ4v) is 0.0956. The molecule has 0 bridgehead atoms. The molecule has 0 aromatic rings. The summed E-state index contributed by atoms with van der Waals surface area (Å²) in [6.07, 6.45) is 1.28. The fourth-order valence-electron chi connectivity index (χ4n) is 0.0956. The molecule has 0 aromatic carbocycles. The molecule has 2 N–H and O–H groups in total. The molecule has 0 aromatic heterocycles. The average molecular weight is 173 g/mol. The first-order chi connectivity index (χ1) is 5.56. The minimum Gasteiger partial charge on any atom is -0.478 e. The molecule has 5 nitrogen and oxygen atoms in total. The molecule has 0 atom stereocenters. The van der Waals surface area contributed by atoms with Crippen molar-refractivity contribution in [3.63, 3.8) is 0 Å². The van der Waals surface area contributed by atoms with E-state index in [1.54, 1.807) is 0 Å². The van der Waals surface area contributed by atoms with Crippen molar-refractivity contribution in [2.45, 2.75) is 6.92 Å². The van der Waals surface area contributed by atoms with E-state index in [1.807, 2.05) is 0 Å². The van der Waals surface area contributed by atoms with E-state index in [0.717, 1.165) is 0 Å². The number of hydrogen-bond acceptors (Lipinski definition) is 4. The van der Waals surface area contributed by atoms with Crippen LogP contribution in [0.5, 0.6) is 0 Å². The van der Waals surface area contributed by atoms with Gasteiger partial charge in [-0.05, 0) is 6.92 Å². The predicted molar refractivity (Wildman–Crippen MR) is 42.5 cm³/mol. The maximum Gasteiger partial charge on any atom is 0.330 e. The van der Waals surface area contributed by atoms with Gasteiger partial charge >= 0.3 is 5.97 Å². The summed E-state index contributed by atoms with van der Waals surface area (Å²) < 4.78 is 0. The summed E-state index contributed by atoms with van der Waals surface area (Å²) in [6.45, 7) is 4.70. The topological polar surface area (TPSA) is 87.0 Å². The highest BCUT2D eigenvalue weighted by molar-refractivity contribution is 5.84. The number of aliphatic hydroxyl groups is 1. The Bertz CT molecular complexity index is 182. The molecule has 0 heterocycles. The zero-order chi connectivity index (χ0) is 9.98.